The first-order valence-corrected chi connectivity index (χ1v) is 5.56. The highest BCUT2D eigenvalue weighted by Crippen LogP contribution is 2.25. The van der Waals surface area contributed by atoms with E-state index in [4.69, 9.17) is 9.84 Å². The van der Waals surface area contributed by atoms with Crippen LogP contribution in [0.15, 0.2) is 22.7 Å². The molecule has 1 aromatic carbocycles. The number of hydrogen-bond donors (Lipinski definition) is 1. The molecular weight excluding hydrogens is 274 g/mol. The average Bonchev–Trinajstić information content (AvgIpc) is 2.26. The van der Waals surface area contributed by atoms with Crippen molar-refractivity contribution >= 4 is 21.8 Å². The van der Waals surface area contributed by atoms with Gasteiger partial charge in [0.1, 0.15) is 5.75 Å². The van der Waals surface area contributed by atoms with E-state index in [0.717, 1.165) is 10.0 Å². The van der Waals surface area contributed by atoms with Crippen molar-refractivity contribution in [2.75, 3.05) is 20.7 Å². The highest BCUT2D eigenvalue weighted by molar-refractivity contribution is 9.10. The lowest BCUT2D eigenvalue weighted by Gasteiger charge is -2.12. The van der Waals surface area contributed by atoms with Gasteiger partial charge >= 0.3 is 0 Å². The second-order valence-corrected chi connectivity index (χ2v) is 4.35. The molecule has 4 nitrogen and oxygen atoms in total. The van der Waals surface area contributed by atoms with Crippen LogP contribution in [0.2, 0.25) is 0 Å². The molecule has 0 saturated heterocycles. The molecule has 0 aliphatic heterocycles. The van der Waals surface area contributed by atoms with Crippen LogP contribution in [0.1, 0.15) is 5.56 Å². The van der Waals surface area contributed by atoms with Crippen molar-refractivity contribution in [3.8, 4) is 5.75 Å². The highest BCUT2D eigenvalue weighted by Gasteiger charge is 2.07. The Morgan fingerprint density at radius 3 is 2.69 bits per heavy atom. The van der Waals surface area contributed by atoms with Crippen LogP contribution in [-0.2, 0) is 11.4 Å². The maximum atomic E-state index is 11.3. The van der Waals surface area contributed by atoms with Gasteiger partial charge in [-0.2, -0.15) is 0 Å². The lowest BCUT2D eigenvalue weighted by Crippen LogP contribution is -2.27. The summed E-state index contributed by atoms with van der Waals surface area (Å²) in [6.07, 6.45) is 0. The first-order valence-electron chi connectivity index (χ1n) is 4.77. The Bertz CT molecular complexity index is 379. The number of aliphatic hydroxyl groups excluding tert-OH is 1. The SMILES string of the molecule is CN(C)C(=O)COc1ccc(CO)cc1Br. The number of likely N-dealkylation sites (N-methyl/N-ethyl adjacent to an activating group) is 1. The predicted molar refractivity (Wildman–Crippen MR) is 64.3 cm³/mol. The Labute approximate surface area is 103 Å². The third-order valence-corrected chi connectivity index (χ3v) is 2.65. The minimum atomic E-state index is -0.0989. The standard InChI is InChI=1S/C11H14BrNO3/c1-13(2)11(15)7-16-10-4-3-8(6-14)5-9(10)12/h3-5,14H,6-7H2,1-2H3. The lowest BCUT2D eigenvalue weighted by atomic mass is 10.2. The molecule has 0 radical (unpaired) electrons. The molecular formula is C11H14BrNO3. The first kappa shape index (κ1) is 13.0. The zero-order valence-corrected chi connectivity index (χ0v) is 10.8. The number of ether oxygens (including phenoxy) is 1. The van der Waals surface area contributed by atoms with E-state index in [9.17, 15) is 4.79 Å². The Balaban J connectivity index is 2.64. The molecule has 1 N–H and O–H groups in total. The fraction of sp³-hybridized carbons (Fsp3) is 0.364. The predicted octanol–water partition coefficient (Wildman–Crippen LogP) is 1.41. The second-order valence-electron chi connectivity index (χ2n) is 3.50. The smallest absolute Gasteiger partial charge is 0.259 e. The van der Waals surface area contributed by atoms with Crippen LogP contribution in [0.5, 0.6) is 5.75 Å². The minimum absolute atomic E-state index is 0.00404. The number of nitrogens with zero attached hydrogens (tertiary/aromatic N) is 1. The third kappa shape index (κ3) is 3.50. The molecule has 0 aliphatic carbocycles. The molecule has 0 fully saturated rings. The Morgan fingerprint density at radius 1 is 1.50 bits per heavy atom. The van der Waals surface area contributed by atoms with Gasteiger partial charge in [-0.15, -0.1) is 0 Å². The zero-order chi connectivity index (χ0) is 12.1. The number of benzene rings is 1. The number of carbonyl (C=O) groups excluding carboxylic acids is 1. The molecule has 1 aromatic rings. The van der Waals surface area contributed by atoms with Gasteiger partial charge in [-0.05, 0) is 33.6 Å². The molecule has 0 aliphatic rings. The van der Waals surface area contributed by atoms with E-state index >= 15 is 0 Å². The number of rotatable bonds is 4. The van der Waals surface area contributed by atoms with E-state index in [0.29, 0.717) is 5.75 Å². The molecule has 0 bridgehead atoms. The number of halogens is 1. The van der Waals surface area contributed by atoms with Gasteiger partial charge in [-0.1, -0.05) is 6.07 Å². The largest absolute Gasteiger partial charge is 0.483 e. The molecule has 0 spiro atoms. The lowest BCUT2D eigenvalue weighted by molar-refractivity contribution is -0.130. The Morgan fingerprint density at radius 2 is 2.19 bits per heavy atom. The fourth-order valence-corrected chi connectivity index (χ4v) is 1.57. The number of amides is 1. The van der Waals surface area contributed by atoms with Gasteiger partial charge in [-0.25, -0.2) is 0 Å². The summed E-state index contributed by atoms with van der Waals surface area (Å²) >= 11 is 3.31. The summed E-state index contributed by atoms with van der Waals surface area (Å²) in [4.78, 5) is 12.8. The van der Waals surface area contributed by atoms with E-state index in [1.807, 2.05) is 0 Å². The Kier molecular flexibility index (Phi) is 4.76. The summed E-state index contributed by atoms with van der Waals surface area (Å²) in [6.45, 7) is -0.0143. The van der Waals surface area contributed by atoms with Crippen molar-refractivity contribution in [1.29, 1.82) is 0 Å². The number of hydrogen-bond acceptors (Lipinski definition) is 3. The summed E-state index contributed by atoms with van der Waals surface area (Å²) in [5.74, 6) is 0.491. The van der Waals surface area contributed by atoms with Gasteiger partial charge < -0.3 is 14.7 Å². The van der Waals surface area contributed by atoms with Crippen molar-refractivity contribution < 1.29 is 14.6 Å². The summed E-state index contributed by atoms with van der Waals surface area (Å²) in [5.41, 5.74) is 0.790. The number of aliphatic hydroxyl groups is 1. The maximum Gasteiger partial charge on any atom is 0.259 e. The molecule has 0 saturated carbocycles. The summed E-state index contributed by atoms with van der Waals surface area (Å²) in [7, 11) is 3.35. The molecule has 1 amide bonds. The van der Waals surface area contributed by atoms with Gasteiger partial charge in [0.15, 0.2) is 6.61 Å². The van der Waals surface area contributed by atoms with Crippen LogP contribution in [0.25, 0.3) is 0 Å². The van der Waals surface area contributed by atoms with E-state index in [2.05, 4.69) is 15.9 Å². The van der Waals surface area contributed by atoms with Crippen LogP contribution < -0.4 is 4.74 Å². The second kappa shape index (κ2) is 5.86. The van der Waals surface area contributed by atoms with Gasteiger partial charge in [-0.3, -0.25) is 4.79 Å². The molecule has 0 aromatic heterocycles. The molecule has 5 heteroatoms. The average molecular weight is 288 g/mol. The van der Waals surface area contributed by atoms with Crippen molar-refractivity contribution in [3.05, 3.63) is 28.2 Å². The third-order valence-electron chi connectivity index (χ3n) is 2.03. The monoisotopic (exact) mass is 287 g/mol. The van der Waals surface area contributed by atoms with Crippen LogP contribution in [0.3, 0.4) is 0 Å². The summed E-state index contributed by atoms with van der Waals surface area (Å²) in [6, 6.07) is 5.23. The van der Waals surface area contributed by atoms with Crippen molar-refractivity contribution in [1.82, 2.24) is 4.90 Å². The zero-order valence-electron chi connectivity index (χ0n) is 9.24. The first-order chi connectivity index (χ1) is 7.54. The summed E-state index contributed by atoms with van der Waals surface area (Å²) < 4.78 is 6.07. The molecule has 0 atom stereocenters. The van der Waals surface area contributed by atoms with E-state index in [1.54, 1.807) is 32.3 Å². The number of carbonyl (C=O) groups is 1. The van der Waals surface area contributed by atoms with Crippen molar-refractivity contribution in [2.24, 2.45) is 0 Å². The highest BCUT2D eigenvalue weighted by atomic mass is 79.9. The molecule has 0 unspecified atom stereocenters. The molecule has 16 heavy (non-hydrogen) atoms. The quantitative estimate of drug-likeness (QED) is 0.911. The van der Waals surface area contributed by atoms with Gasteiger partial charge in [0.2, 0.25) is 0 Å². The maximum absolute atomic E-state index is 11.3. The minimum Gasteiger partial charge on any atom is -0.483 e. The van der Waals surface area contributed by atoms with E-state index in [-0.39, 0.29) is 19.1 Å². The van der Waals surface area contributed by atoms with E-state index < -0.39 is 0 Å². The fourth-order valence-electron chi connectivity index (χ4n) is 1.03. The topological polar surface area (TPSA) is 49.8 Å². The van der Waals surface area contributed by atoms with Gasteiger partial charge in [0.05, 0.1) is 11.1 Å². The normalized spacial score (nSPS) is 10.0. The van der Waals surface area contributed by atoms with Gasteiger partial charge in [0.25, 0.3) is 5.91 Å². The van der Waals surface area contributed by atoms with E-state index in [1.165, 1.54) is 4.90 Å². The Hall–Kier alpha value is -1.07. The van der Waals surface area contributed by atoms with Crippen LogP contribution in [0, 0.1) is 0 Å². The molecule has 0 heterocycles. The van der Waals surface area contributed by atoms with Crippen molar-refractivity contribution in [3.63, 3.8) is 0 Å². The summed E-state index contributed by atoms with van der Waals surface area (Å²) in [5, 5.41) is 8.92. The molecule has 1 rings (SSSR count). The molecule has 88 valence electrons. The van der Waals surface area contributed by atoms with Crippen molar-refractivity contribution in [2.45, 2.75) is 6.61 Å². The van der Waals surface area contributed by atoms with Crippen LogP contribution >= 0.6 is 15.9 Å². The van der Waals surface area contributed by atoms with Gasteiger partial charge in [0, 0.05) is 14.1 Å². The van der Waals surface area contributed by atoms with Crippen LogP contribution in [0.4, 0.5) is 0 Å². The van der Waals surface area contributed by atoms with Crippen LogP contribution in [-0.4, -0.2) is 36.6 Å².